The first-order valence-electron chi connectivity index (χ1n) is 11.6. The van der Waals surface area contributed by atoms with Crippen molar-refractivity contribution >= 4 is 45.8 Å². The highest BCUT2D eigenvalue weighted by molar-refractivity contribution is 7.17. The van der Waals surface area contributed by atoms with E-state index in [4.69, 9.17) is 9.72 Å². The predicted octanol–water partition coefficient (Wildman–Crippen LogP) is 3.99. The van der Waals surface area contributed by atoms with Gasteiger partial charge in [0.05, 0.1) is 22.1 Å². The van der Waals surface area contributed by atoms with Gasteiger partial charge in [0.1, 0.15) is 6.61 Å². The number of rotatable bonds is 9. The summed E-state index contributed by atoms with van der Waals surface area (Å²) in [4.78, 5) is 37.7. The molecule has 0 aliphatic heterocycles. The number of anilines is 2. The van der Waals surface area contributed by atoms with Gasteiger partial charge in [-0.3, -0.25) is 25.0 Å². The maximum absolute atomic E-state index is 13.2. The first-order valence-corrected chi connectivity index (χ1v) is 12.4. The number of aromatic amines is 1. The van der Waals surface area contributed by atoms with Gasteiger partial charge in [-0.05, 0) is 42.5 Å². The summed E-state index contributed by atoms with van der Waals surface area (Å²) in [5.41, 5.74) is 4.05. The van der Waals surface area contributed by atoms with Crippen molar-refractivity contribution in [1.29, 1.82) is 0 Å². The number of ether oxygens (including phenoxy) is 1. The molecule has 5 aromatic rings. The maximum Gasteiger partial charge on any atom is 0.268 e. The molecule has 5 rings (SSSR count). The van der Waals surface area contributed by atoms with Crippen molar-refractivity contribution in [3.8, 4) is 10.4 Å². The number of methoxy groups -OCH3 is 1. The number of nitrogens with zero attached hydrogens (tertiary/aromatic N) is 5. The fourth-order valence-electron chi connectivity index (χ4n) is 3.95. The number of H-pyrrole nitrogens is 1. The molecule has 10 nitrogen and oxygen atoms in total. The maximum atomic E-state index is 13.2. The molecule has 188 valence electrons. The molecule has 0 aliphatic rings. The number of amides is 2. The van der Waals surface area contributed by atoms with E-state index in [2.05, 4.69) is 20.5 Å². The highest BCUT2D eigenvalue weighted by Crippen LogP contribution is 2.29. The summed E-state index contributed by atoms with van der Waals surface area (Å²) < 4.78 is 6.94. The molecular formula is C26H25N7O3S. The van der Waals surface area contributed by atoms with E-state index in [1.807, 2.05) is 47.0 Å². The number of fused-ring (bicyclic) bond motifs is 1. The van der Waals surface area contributed by atoms with Gasteiger partial charge in [0.25, 0.3) is 11.8 Å². The molecule has 0 unspecified atom stereocenters. The summed E-state index contributed by atoms with van der Waals surface area (Å²) in [6.45, 7) is 0.543. The number of aryl methyl sites for hydroxylation is 2. The number of carbonyl (C=O) groups is 2. The molecule has 0 spiro atoms. The first kappa shape index (κ1) is 24.3. The molecule has 0 fully saturated rings. The number of pyridine rings is 1. The number of imidazole rings is 1. The standard InChI is InChI=1S/C26H25N7O3S/c1-32(24(34)16-36-2)19-6-7-21-20(13-19)30-26(33(21)12-10-18-5-3-4-11-27-18)31-25(35)23-9-8-22(37-23)17-14-28-29-15-17/h3-9,11,13-15H,10,12,16H2,1-2H3,(H,28,29)(H,30,31,35). The monoisotopic (exact) mass is 515 g/mol. The molecule has 4 heterocycles. The number of hydrogen-bond donors (Lipinski definition) is 2. The van der Waals surface area contributed by atoms with Gasteiger partial charge in [0.2, 0.25) is 5.95 Å². The van der Waals surface area contributed by atoms with Crippen molar-refractivity contribution < 1.29 is 14.3 Å². The van der Waals surface area contributed by atoms with Crippen LogP contribution in [0.2, 0.25) is 0 Å². The number of thiophene rings is 1. The van der Waals surface area contributed by atoms with Crippen molar-refractivity contribution in [2.24, 2.45) is 0 Å². The van der Waals surface area contributed by atoms with Crippen LogP contribution in [0.4, 0.5) is 11.6 Å². The van der Waals surface area contributed by atoms with E-state index in [1.165, 1.54) is 23.3 Å². The van der Waals surface area contributed by atoms with Crippen molar-refractivity contribution in [3.05, 3.63) is 77.7 Å². The first-order chi connectivity index (χ1) is 18.0. The van der Waals surface area contributed by atoms with Crippen LogP contribution in [-0.2, 0) is 22.5 Å². The van der Waals surface area contributed by atoms with Gasteiger partial charge in [0, 0.05) is 61.3 Å². The molecule has 0 bridgehead atoms. The Morgan fingerprint density at radius 2 is 2.08 bits per heavy atom. The van der Waals surface area contributed by atoms with Gasteiger partial charge in [-0.15, -0.1) is 11.3 Å². The number of hydrogen-bond acceptors (Lipinski definition) is 7. The average molecular weight is 516 g/mol. The molecule has 0 saturated heterocycles. The van der Waals surface area contributed by atoms with Crippen LogP contribution >= 0.6 is 11.3 Å². The molecule has 1 aromatic carbocycles. The average Bonchev–Trinajstić information content (AvgIpc) is 3.67. The van der Waals surface area contributed by atoms with Crippen molar-refractivity contribution in [1.82, 2.24) is 24.7 Å². The minimum Gasteiger partial charge on any atom is -0.375 e. The summed E-state index contributed by atoms with van der Waals surface area (Å²) in [6, 6.07) is 15.1. The zero-order valence-electron chi connectivity index (χ0n) is 20.3. The number of likely N-dealkylation sites (N-methyl/N-ethyl adjacent to an activating group) is 1. The summed E-state index contributed by atoms with van der Waals surface area (Å²) in [7, 11) is 3.18. The van der Waals surface area contributed by atoms with Gasteiger partial charge >= 0.3 is 0 Å². The third-order valence-electron chi connectivity index (χ3n) is 5.92. The topological polar surface area (TPSA) is 118 Å². The lowest BCUT2D eigenvalue weighted by atomic mass is 10.2. The molecule has 0 radical (unpaired) electrons. The normalized spacial score (nSPS) is 11.1. The zero-order chi connectivity index (χ0) is 25.8. The van der Waals surface area contributed by atoms with E-state index in [9.17, 15) is 9.59 Å². The Kier molecular flexibility index (Phi) is 7.06. The van der Waals surface area contributed by atoms with Crippen LogP contribution in [0.25, 0.3) is 21.5 Å². The van der Waals surface area contributed by atoms with Crippen LogP contribution < -0.4 is 10.2 Å². The number of benzene rings is 1. The third-order valence-corrected chi connectivity index (χ3v) is 7.05. The van der Waals surface area contributed by atoms with Crippen molar-refractivity contribution in [2.45, 2.75) is 13.0 Å². The van der Waals surface area contributed by atoms with Gasteiger partial charge in [-0.1, -0.05) is 6.07 Å². The Bertz CT molecular complexity index is 1530. The van der Waals surface area contributed by atoms with Gasteiger partial charge in [0.15, 0.2) is 0 Å². The summed E-state index contributed by atoms with van der Waals surface area (Å²) in [5.74, 6) is 0.00930. The lowest BCUT2D eigenvalue weighted by Crippen LogP contribution is -2.29. The zero-order valence-corrected chi connectivity index (χ0v) is 21.2. The van der Waals surface area contributed by atoms with Gasteiger partial charge < -0.3 is 14.2 Å². The van der Waals surface area contributed by atoms with Gasteiger partial charge in [-0.25, -0.2) is 4.98 Å². The molecular weight excluding hydrogens is 490 g/mol. The molecule has 4 aromatic heterocycles. The van der Waals surface area contributed by atoms with E-state index < -0.39 is 0 Å². The van der Waals surface area contributed by atoms with E-state index in [0.29, 0.717) is 35.0 Å². The Balaban J connectivity index is 1.45. The van der Waals surface area contributed by atoms with Crippen LogP contribution in [0.15, 0.2) is 67.1 Å². The molecule has 0 saturated carbocycles. The summed E-state index contributed by atoms with van der Waals surface area (Å²) in [5, 5.41) is 9.74. The van der Waals surface area contributed by atoms with Crippen LogP contribution in [-0.4, -0.2) is 57.3 Å². The smallest absolute Gasteiger partial charge is 0.268 e. The molecule has 2 amide bonds. The van der Waals surface area contributed by atoms with Crippen molar-refractivity contribution in [3.63, 3.8) is 0 Å². The molecule has 0 atom stereocenters. The van der Waals surface area contributed by atoms with Crippen LogP contribution in [0, 0.1) is 0 Å². The van der Waals surface area contributed by atoms with Crippen LogP contribution in [0.1, 0.15) is 15.4 Å². The minimum atomic E-state index is -0.248. The van der Waals surface area contributed by atoms with E-state index in [-0.39, 0.29) is 18.4 Å². The second kappa shape index (κ2) is 10.7. The predicted molar refractivity (Wildman–Crippen MR) is 143 cm³/mol. The quantitative estimate of drug-likeness (QED) is 0.307. The Labute approximate surface area is 216 Å². The Hall–Kier alpha value is -4.35. The fraction of sp³-hybridized carbons (Fsp3) is 0.192. The fourth-order valence-corrected chi connectivity index (χ4v) is 4.83. The third kappa shape index (κ3) is 5.27. The second-order valence-electron chi connectivity index (χ2n) is 8.32. The SMILES string of the molecule is COCC(=O)N(C)c1ccc2c(c1)nc(NC(=O)c1ccc(-c3cn[nH]c3)s1)n2CCc1ccccn1. The van der Waals surface area contributed by atoms with Crippen LogP contribution in [0.5, 0.6) is 0 Å². The van der Waals surface area contributed by atoms with E-state index in [1.54, 1.807) is 31.7 Å². The highest BCUT2D eigenvalue weighted by atomic mass is 32.1. The molecule has 0 aliphatic carbocycles. The molecule has 11 heteroatoms. The largest absolute Gasteiger partial charge is 0.375 e. The lowest BCUT2D eigenvalue weighted by Gasteiger charge is -2.17. The summed E-state index contributed by atoms with van der Waals surface area (Å²) in [6.07, 6.45) is 5.93. The Morgan fingerprint density at radius 3 is 2.84 bits per heavy atom. The second-order valence-corrected chi connectivity index (χ2v) is 9.41. The van der Waals surface area contributed by atoms with Crippen LogP contribution in [0.3, 0.4) is 0 Å². The number of carbonyl (C=O) groups excluding carboxylic acids is 2. The highest BCUT2D eigenvalue weighted by Gasteiger charge is 2.19. The lowest BCUT2D eigenvalue weighted by molar-refractivity contribution is -0.121. The number of aromatic nitrogens is 5. The van der Waals surface area contributed by atoms with E-state index >= 15 is 0 Å². The van der Waals surface area contributed by atoms with E-state index in [0.717, 1.165) is 21.7 Å². The minimum absolute atomic E-state index is 0.0179. The molecule has 2 N–H and O–H groups in total. The molecule has 37 heavy (non-hydrogen) atoms. The number of nitrogens with one attached hydrogen (secondary N) is 2. The Morgan fingerprint density at radius 1 is 1.19 bits per heavy atom. The van der Waals surface area contributed by atoms with Crippen molar-refractivity contribution in [2.75, 3.05) is 31.0 Å². The summed E-state index contributed by atoms with van der Waals surface area (Å²) >= 11 is 1.38. The van der Waals surface area contributed by atoms with Gasteiger partial charge in [-0.2, -0.15) is 5.10 Å².